The second-order valence-electron chi connectivity index (χ2n) is 13.7. The summed E-state index contributed by atoms with van der Waals surface area (Å²) in [4.78, 5) is 10.2. The summed E-state index contributed by atoms with van der Waals surface area (Å²) < 4.78 is 15.0. The number of rotatable bonds is 8. The Hall–Kier alpha value is -6.67. The van der Waals surface area contributed by atoms with Gasteiger partial charge in [-0.1, -0.05) is 206 Å². The average Bonchev–Trinajstić information content (AvgIpc) is 3.27. The third-order valence-electron chi connectivity index (χ3n) is 10.4. The lowest BCUT2D eigenvalue weighted by molar-refractivity contribution is 0.592. The maximum Gasteiger partial charge on any atom is 0.171 e. The van der Waals surface area contributed by atoms with Crippen LogP contribution in [0.25, 0.3) is 66.9 Å². The van der Waals surface area contributed by atoms with Crippen LogP contribution in [0.4, 0.5) is 0 Å². The summed E-state index contributed by atoms with van der Waals surface area (Å²) in [6.45, 7) is 2.11. The van der Waals surface area contributed by atoms with Crippen molar-refractivity contribution in [1.82, 2.24) is 9.97 Å². The maximum atomic E-state index is 15.0. The lowest BCUT2D eigenvalue weighted by atomic mass is 9.91. The Morgan fingerprint density at radius 1 is 0.345 bits per heavy atom. The highest BCUT2D eigenvalue weighted by molar-refractivity contribution is 7.85. The van der Waals surface area contributed by atoms with Gasteiger partial charge in [0.05, 0.1) is 11.4 Å². The summed E-state index contributed by atoms with van der Waals surface area (Å²) in [5.41, 5.74) is 10.5. The molecule has 262 valence electrons. The topological polar surface area (TPSA) is 42.9 Å². The van der Waals surface area contributed by atoms with E-state index in [0.29, 0.717) is 5.82 Å². The molecule has 4 heteroatoms. The molecule has 1 aromatic heterocycles. The average molecular weight is 725 g/mol. The molecule has 0 saturated heterocycles. The molecule has 0 aliphatic heterocycles. The Balaban J connectivity index is 1.08. The first-order valence-electron chi connectivity index (χ1n) is 18.5. The van der Waals surface area contributed by atoms with Crippen molar-refractivity contribution in [2.75, 3.05) is 0 Å². The van der Waals surface area contributed by atoms with E-state index in [4.69, 9.17) is 9.97 Å². The molecule has 0 bridgehead atoms. The van der Waals surface area contributed by atoms with Gasteiger partial charge < -0.3 is 4.57 Å². The smallest absolute Gasteiger partial charge is 0.171 e. The van der Waals surface area contributed by atoms with Gasteiger partial charge in [-0.2, -0.15) is 0 Å². The highest BCUT2D eigenvalue weighted by Crippen LogP contribution is 2.43. The van der Waals surface area contributed by atoms with Crippen LogP contribution in [0.5, 0.6) is 0 Å². The molecule has 0 amide bonds. The molecule has 0 spiro atoms. The van der Waals surface area contributed by atoms with Gasteiger partial charge in [0.15, 0.2) is 13.0 Å². The predicted molar refractivity (Wildman–Crippen MR) is 231 cm³/mol. The van der Waals surface area contributed by atoms with Crippen molar-refractivity contribution < 1.29 is 4.57 Å². The molecule has 0 unspecified atom stereocenters. The van der Waals surface area contributed by atoms with Gasteiger partial charge in [-0.3, -0.25) is 0 Å². The first kappa shape index (κ1) is 34.1. The molecular weight excluding hydrogens is 688 g/mol. The Kier molecular flexibility index (Phi) is 9.08. The largest absolute Gasteiger partial charge is 0.309 e. The fourth-order valence-corrected chi connectivity index (χ4v) is 10.2. The summed E-state index contributed by atoms with van der Waals surface area (Å²) >= 11 is 0. The van der Waals surface area contributed by atoms with Gasteiger partial charge in [0.25, 0.3) is 0 Å². The van der Waals surface area contributed by atoms with Crippen LogP contribution in [0, 0.1) is 6.92 Å². The molecule has 0 radical (unpaired) electrons. The van der Waals surface area contributed by atoms with Gasteiger partial charge in [-0.25, -0.2) is 9.97 Å². The first-order chi connectivity index (χ1) is 27.1. The molecule has 8 aromatic carbocycles. The van der Waals surface area contributed by atoms with E-state index >= 15 is 0 Å². The third-order valence-corrected chi connectivity index (χ3v) is 13.5. The highest BCUT2D eigenvalue weighted by Gasteiger charge is 2.29. The van der Waals surface area contributed by atoms with E-state index < -0.39 is 7.14 Å². The fourth-order valence-electron chi connectivity index (χ4n) is 7.58. The van der Waals surface area contributed by atoms with Crippen LogP contribution in [0.1, 0.15) is 5.56 Å². The van der Waals surface area contributed by atoms with Gasteiger partial charge in [-0.05, 0) is 39.9 Å². The van der Waals surface area contributed by atoms with Crippen LogP contribution >= 0.6 is 7.14 Å². The second kappa shape index (κ2) is 14.6. The number of aromatic nitrogens is 2. The summed E-state index contributed by atoms with van der Waals surface area (Å²) in [6.07, 6.45) is 0. The predicted octanol–water partition coefficient (Wildman–Crippen LogP) is 11.9. The monoisotopic (exact) mass is 724 g/mol. The van der Waals surface area contributed by atoms with Crippen molar-refractivity contribution in [2.24, 2.45) is 0 Å². The molecule has 0 aliphatic carbocycles. The van der Waals surface area contributed by atoms with Crippen LogP contribution in [-0.2, 0) is 4.57 Å². The van der Waals surface area contributed by atoms with E-state index in [9.17, 15) is 4.57 Å². The lowest BCUT2D eigenvalue weighted by Crippen LogP contribution is -2.24. The van der Waals surface area contributed by atoms with Crippen molar-refractivity contribution in [2.45, 2.75) is 6.92 Å². The third kappa shape index (κ3) is 6.39. The molecule has 0 fully saturated rings. The molecule has 0 aliphatic rings. The molecule has 0 N–H and O–H groups in total. The number of benzene rings is 8. The summed E-state index contributed by atoms with van der Waals surface area (Å²) in [5.74, 6) is 0.710. The van der Waals surface area contributed by atoms with Gasteiger partial charge in [-0.15, -0.1) is 0 Å². The lowest BCUT2D eigenvalue weighted by Gasteiger charge is -2.20. The Bertz CT molecular complexity index is 2760. The van der Waals surface area contributed by atoms with E-state index in [1.54, 1.807) is 0 Å². The SMILES string of the molecule is Cc1c(-c2ccccc2)nc(-c2ccccc2)nc1-c1ccc(-c2ccc(-c3ccc(P(=O)(c4ccccc4)c4ccccc4)cc3)c3ccccc23)cc1. The fraction of sp³-hybridized carbons (Fsp3) is 0.0196. The van der Waals surface area contributed by atoms with Crippen molar-refractivity contribution in [3.63, 3.8) is 0 Å². The molecule has 9 aromatic rings. The van der Waals surface area contributed by atoms with Gasteiger partial charge >= 0.3 is 0 Å². The zero-order chi connectivity index (χ0) is 37.2. The first-order valence-corrected chi connectivity index (χ1v) is 20.2. The minimum Gasteiger partial charge on any atom is -0.309 e. The van der Waals surface area contributed by atoms with Crippen molar-refractivity contribution >= 4 is 33.8 Å². The molecular formula is C51H37N2OP. The van der Waals surface area contributed by atoms with E-state index in [1.807, 2.05) is 109 Å². The van der Waals surface area contributed by atoms with Crippen LogP contribution in [0.2, 0.25) is 0 Å². The van der Waals surface area contributed by atoms with Crippen molar-refractivity contribution in [3.8, 4) is 56.2 Å². The Morgan fingerprint density at radius 2 is 0.691 bits per heavy atom. The summed E-state index contributed by atoms with van der Waals surface area (Å²) in [7, 11) is -3.06. The molecule has 3 nitrogen and oxygen atoms in total. The Morgan fingerprint density at radius 3 is 1.16 bits per heavy atom. The molecule has 0 saturated carbocycles. The molecule has 0 atom stereocenters. The van der Waals surface area contributed by atoms with Crippen molar-refractivity contribution in [3.05, 3.63) is 212 Å². The number of fused-ring (bicyclic) bond motifs is 1. The number of hydrogen-bond donors (Lipinski definition) is 0. The number of nitrogens with zero attached hydrogens (tertiary/aromatic N) is 2. The Labute approximate surface area is 322 Å². The summed E-state index contributed by atoms with van der Waals surface area (Å²) in [5, 5.41) is 4.82. The normalized spacial score (nSPS) is 11.4. The van der Waals surface area contributed by atoms with Crippen LogP contribution in [0.15, 0.2) is 206 Å². The van der Waals surface area contributed by atoms with E-state index in [1.165, 1.54) is 5.39 Å². The van der Waals surface area contributed by atoms with E-state index in [2.05, 4.69) is 104 Å². The minimum atomic E-state index is -3.06. The standard InChI is InChI=1S/C51H37N2OP/c1-36-49(39-16-6-2-7-17-39)52-51(41-18-8-3-9-19-41)53-50(36)40-28-26-37(27-29-40)45-34-35-46(48-25-15-14-24-47(45)48)38-30-32-44(33-31-38)55(54,42-20-10-4-11-21-42)43-22-12-5-13-23-43/h2-35H,1H3. The second-order valence-corrected chi connectivity index (χ2v) is 16.5. The summed E-state index contributed by atoms with van der Waals surface area (Å²) in [6, 6.07) is 70.2. The minimum absolute atomic E-state index is 0.710. The highest BCUT2D eigenvalue weighted by atomic mass is 31.2. The van der Waals surface area contributed by atoms with Gasteiger partial charge in [0.2, 0.25) is 0 Å². The maximum absolute atomic E-state index is 15.0. The van der Waals surface area contributed by atoms with Crippen LogP contribution < -0.4 is 15.9 Å². The van der Waals surface area contributed by atoms with Crippen LogP contribution in [-0.4, -0.2) is 9.97 Å². The van der Waals surface area contributed by atoms with Gasteiger partial charge in [0.1, 0.15) is 0 Å². The van der Waals surface area contributed by atoms with Crippen molar-refractivity contribution in [1.29, 1.82) is 0 Å². The van der Waals surface area contributed by atoms with Crippen LogP contribution in [0.3, 0.4) is 0 Å². The molecule has 9 rings (SSSR count). The molecule has 55 heavy (non-hydrogen) atoms. The van der Waals surface area contributed by atoms with E-state index in [0.717, 1.165) is 77.2 Å². The van der Waals surface area contributed by atoms with E-state index in [-0.39, 0.29) is 0 Å². The molecule has 1 heterocycles. The quantitative estimate of drug-likeness (QED) is 0.147. The van der Waals surface area contributed by atoms with Gasteiger partial charge in [0, 0.05) is 38.2 Å². The zero-order valence-corrected chi connectivity index (χ0v) is 31.3. The zero-order valence-electron chi connectivity index (χ0n) is 30.4. The number of hydrogen-bond acceptors (Lipinski definition) is 3.